The predicted octanol–water partition coefficient (Wildman–Crippen LogP) is 2.63. The second-order valence-electron chi connectivity index (χ2n) is 5.96. The lowest BCUT2D eigenvalue weighted by molar-refractivity contribution is -0.120. The lowest BCUT2D eigenvalue weighted by Gasteiger charge is -2.15. The van der Waals surface area contributed by atoms with Crippen LogP contribution in [0.4, 0.5) is 0 Å². The number of carbonyl (C=O) groups excluding carboxylic acids is 1. The van der Waals surface area contributed by atoms with Crippen LogP contribution in [-0.2, 0) is 17.6 Å². The van der Waals surface area contributed by atoms with E-state index in [1.807, 2.05) is 18.2 Å². The molecule has 28 heavy (non-hydrogen) atoms. The number of rotatable bonds is 10. The fourth-order valence-corrected chi connectivity index (χ4v) is 2.92. The van der Waals surface area contributed by atoms with Crippen LogP contribution in [0.1, 0.15) is 11.1 Å². The van der Waals surface area contributed by atoms with Gasteiger partial charge in [0.25, 0.3) is 0 Å². The highest BCUT2D eigenvalue weighted by atomic mass is 16.5. The Hall–Kier alpha value is -3.09. The van der Waals surface area contributed by atoms with Crippen molar-refractivity contribution < 1.29 is 28.5 Å². The third kappa shape index (κ3) is 5.00. The quantitative estimate of drug-likeness (QED) is 0.673. The average Bonchev–Trinajstić information content (AvgIpc) is 2.72. The number of ether oxygens (including phenoxy) is 5. The average molecular weight is 389 g/mol. The maximum atomic E-state index is 12.4. The van der Waals surface area contributed by atoms with E-state index in [-0.39, 0.29) is 12.3 Å². The monoisotopic (exact) mass is 389 g/mol. The number of carbonyl (C=O) groups is 1. The molecule has 0 aromatic heterocycles. The van der Waals surface area contributed by atoms with E-state index in [9.17, 15) is 4.79 Å². The highest BCUT2D eigenvalue weighted by Crippen LogP contribution is 2.39. The number of amides is 1. The first-order valence-corrected chi connectivity index (χ1v) is 8.83. The molecule has 1 N–H and O–H groups in total. The summed E-state index contributed by atoms with van der Waals surface area (Å²) in [5.41, 5.74) is 1.77. The molecule has 7 nitrogen and oxygen atoms in total. The Kier molecular flexibility index (Phi) is 7.80. The molecule has 0 atom stereocenters. The third-order valence-corrected chi connectivity index (χ3v) is 4.32. The molecule has 7 heteroatoms. The Labute approximate surface area is 165 Å². The van der Waals surface area contributed by atoms with Crippen LogP contribution < -0.4 is 29.0 Å². The summed E-state index contributed by atoms with van der Waals surface area (Å²) in [4.78, 5) is 12.4. The maximum absolute atomic E-state index is 12.4. The van der Waals surface area contributed by atoms with Gasteiger partial charge in [0.1, 0.15) is 0 Å². The topological polar surface area (TPSA) is 75.3 Å². The standard InChI is InChI=1S/C21H27NO6/c1-24-16-8-6-14(12-18(16)26-3)10-11-22-19(23)13-15-7-9-17(25-2)21(28-5)20(15)27-4/h6-9,12H,10-11,13H2,1-5H3,(H,22,23). The van der Waals surface area contributed by atoms with Gasteiger partial charge in [-0.1, -0.05) is 12.1 Å². The van der Waals surface area contributed by atoms with Crippen molar-refractivity contribution in [3.63, 3.8) is 0 Å². The van der Waals surface area contributed by atoms with Gasteiger partial charge in [-0.3, -0.25) is 4.79 Å². The second kappa shape index (κ2) is 10.3. The third-order valence-electron chi connectivity index (χ3n) is 4.32. The summed E-state index contributed by atoms with van der Waals surface area (Å²) < 4.78 is 26.6. The number of benzene rings is 2. The van der Waals surface area contributed by atoms with E-state index in [1.54, 1.807) is 33.5 Å². The Morgan fingerprint density at radius 1 is 0.786 bits per heavy atom. The van der Waals surface area contributed by atoms with Crippen molar-refractivity contribution in [3.05, 3.63) is 41.5 Å². The molecule has 0 radical (unpaired) electrons. The van der Waals surface area contributed by atoms with Gasteiger partial charge in [0.05, 0.1) is 42.0 Å². The predicted molar refractivity (Wildman–Crippen MR) is 106 cm³/mol. The first kappa shape index (κ1) is 21.2. The molecule has 0 aliphatic carbocycles. The van der Waals surface area contributed by atoms with Crippen LogP contribution in [0.25, 0.3) is 0 Å². The second-order valence-corrected chi connectivity index (χ2v) is 5.96. The number of hydrogen-bond acceptors (Lipinski definition) is 6. The maximum Gasteiger partial charge on any atom is 0.224 e. The van der Waals surface area contributed by atoms with Crippen molar-refractivity contribution in [2.24, 2.45) is 0 Å². The van der Waals surface area contributed by atoms with Crippen LogP contribution in [-0.4, -0.2) is 48.0 Å². The molecule has 2 aromatic carbocycles. The molecule has 0 saturated carbocycles. The van der Waals surface area contributed by atoms with Gasteiger partial charge in [0.2, 0.25) is 11.7 Å². The molecule has 0 spiro atoms. The lowest BCUT2D eigenvalue weighted by Crippen LogP contribution is -2.27. The summed E-state index contributed by atoms with van der Waals surface area (Å²) in [6, 6.07) is 9.26. The van der Waals surface area contributed by atoms with Crippen LogP contribution in [0.2, 0.25) is 0 Å². The van der Waals surface area contributed by atoms with Crippen LogP contribution in [0.15, 0.2) is 30.3 Å². The van der Waals surface area contributed by atoms with Gasteiger partial charge in [0, 0.05) is 12.1 Å². The fourth-order valence-electron chi connectivity index (χ4n) is 2.92. The molecule has 1 amide bonds. The molecular weight excluding hydrogens is 362 g/mol. The normalized spacial score (nSPS) is 10.2. The van der Waals surface area contributed by atoms with Crippen molar-refractivity contribution in [1.82, 2.24) is 5.32 Å². The van der Waals surface area contributed by atoms with Crippen molar-refractivity contribution in [1.29, 1.82) is 0 Å². The van der Waals surface area contributed by atoms with Gasteiger partial charge >= 0.3 is 0 Å². The number of nitrogens with one attached hydrogen (secondary N) is 1. The smallest absolute Gasteiger partial charge is 0.224 e. The first-order chi connectivity index (χ1) is 13.6. The van der Waals surface area contributed by atoms with Crippen molar-refractivity contribution in [2.45, 2.75) is 12.8 Å². The van der Waals surface area contributed by atoms with E-state index < -0.39 is 0 Å². The van der Waals surface area contributed by atoms with E-state index in [1.165, 1.54) is 14.2 Å². The van der Waals surface area contributed by atoms with Gasteiger partial charge in [-0.25, -0.2) is 0 Å². The Morgan fingerprint density at radius 2 is 1.43 bits per heavy atom. The Morgan fingerprint density at radius 3 is 2.04 bits per heavy atom. The molecule has 0 aliphatic heterocycles. The molecule has 0 unspecified atom stereocenters. The van der Waals surface area contributed by atoms with Gasteiger partial charge < -0.3 is 29.0 Å². The summed E-state index contributed by atoms with van der Waals surface area (Å²) in [6.45, 7) is 0.504. The van der Waals surface area contributed by atoms with E-state index in [0.29, 0.717) is 41.7 Å². The molecule has 0 saturated heterocycles. The molecule has 2 aromatic rings. The van der Waals surface area contributed by atoms with E-state index in [2.05, 4.69) is 5.32 Å². The van der Waals surface area contributed by atoms with Crippen LogP contribution in [0.3, 0.4) is 0 Å². The first-order valence-electron chi connectivity index (χ1n) is 8.83. The van der Waals surface area contributed by atoms with Crippen LogP contribution >= 0.6 is 0 Å². The molecule has 0 bridgehead atoms. The molecular formula is C21H27NO6. The summed E-state index contributed by atoms with van der Waals surface area (Å²) in [7, 11) is 7.82. The number of hydrogen-bond donors (Lipinski definition) is 1. The largest absolute Gasteiger partial charge is 0.493 e. The molecule has 0 heterocycles. The van der Waals surface area contributed by atoms with E-state index in [4.69, 9.17) is 23.7 Å². The summed E-state index contributed by atoms with van der Waals surface area (Å²) in [5.74, 6) is 2.76. The van der Waals surface area contributed by atoms with Gasteiger partial charge in [-0.05, 0) is 30.2 Å². The summed E-state index contributed by atoms with van der Waals surface area (Å²) in [6.07, 6.45) is 0.852. The lowest BCUT2D eigenvalue weighted by atomic mass is 10.1. The minimum Gasteiger partial charge on any atom is -0.493 e. The van der Waals surface area contributed by atoms with Crippen molar-refractivity contribution in [2.75, 3.05) is 42.1 Å². The Bertz CT molecular complexity index is 806. The fraction of sp³-hybridized carbons (Fsp3) is 0.381. The molecule has 0 aliphatic rings. The zero-order valence-corrected chi connectivity index (χ0v) is 17.0. The van der Waals surface area contributed by atoms with E-state index in [0.717, 1.165) is 11.1 Å². The van der Waals surface area contributed by atoms with Gasteiger partial charge in [-0.15, -0.1) is 0 Å². The summed E-state index contributed by atoms with van der Waals surface area (Å²) in [5, 5.41) is 2.92. The zero-order valence-electron chi connectivity index (χ0n) is 17.0. The van der Waals surface area contributed by atoms with E-state index >= 15 is 0 Å². The highest BCUT2D eigenvalue weighted by Gasteiger charge is 2.17. The molecule has 0 fully saturated rings. The van der Waals surface area contributed by atoms with Crippen LogP contribution in [0.5, 0.6) is 28.7 Å². The zero-order chi connectivity index (χ0) is 20.5. The molecule has 152 valence electrons. The number of methoxy groups -OCH3 is 5. The van der Waals surface area contributed by atoms with Gasteiger partial charge in [-0.2, -0.15) is 0 Å². The Balaban J connectivity index is 1.98. The van der Waals surface area contributed by atoms with Crippen molar-refractivity contribution in [3.8, 4) is 28.7 Å². The highest BCUT2D eigenvalue weighted by molar-refractivity contribution is 5.80. The minimum atomic E-state index is -0.106. The van der Waals surface area contributed by atoms with Crippen molar-refractivity contribution >= 4 is 5.91 Å². The summed E-state index contributed by atoms with van der Waals surface area (Å²) >= 11 is 0. The minimum absolute atomic E-state index is 0.106. The van der Waals surface area contributed by atoms with Crippen LogP contribution in [0, 0.1) is 0 Å². The SMILES string of the molecule is COc1ccc(CCNC(=O)Cc2ccc(OC)c(OC)c2OC)cc1OC. The van der Waals surface area contributed by atoms with Gasteiger partial charge in [0.15, 0.2) is 23.0 Å². The molecule has 2 rings (SSSR count).